The molecule has 0 saturated carbocycles. The lowest BCUT2D eigenvalue weighted by molar-refractivity contribution is 0.0951. The van der Waals surface area contributed by atoms with Gasteiger partial charge in [0.25, 0.3) is 5.91 Å². The minimum absolute atomic E-state index is 0.0744. The van der Waals surface area contributed by atoms with Crippen molar-refractivity contribution in [3.8, 4) is 0 Å². The van der Waals surface area contributed by atoms with Gasteiger partial charge in [0.1, 0.15) is 0 Å². The summed E-state index contributed by atoms with van der Waals surface area (Å²) < 4.78 is 12.2. The number of nitrogens with one attached hydrogen (secondary N) is 1. The van der Waals surface area contributed by atoms with Crippen molar-refractivity contribution in [2.45, 2.75) is 36.0 Å². The quantitative estimate of drug-likeness (QED) is 0.217. The van der Waals surface area contributed by atoms with Gasteiger partial charge in [-0.05, 0) is 91.0 Å². The SMILES string of the molecule is CS(=O)c1ccccc1C1CCN(CC[C@H](CNC(=O)c2cccc3ccccc23)c2ccc(Cl)c(Cl)c2)CC1. The molecule has 1 aliphatic rings. The summed E-state index contributed by atoms with van der Waals surface area (Å²) in [5.74, 6) is 0.450. The van der Waals surface area contributed by atoms with Gasteiger partial charge in [-0.25, -0.2) is 0 Å². The number of nitrogens with zero attached hydrogens (tertiary/aromatic N) is 1. The summed E-state index contributed by atoms with van der Waals surface area (Å²) in [5.41, 5.74) is 2.98. The van der Waals surface area contributed by atoms with Crippen LogP contribution in [-0.2, 0) is 10.8 Å². The zero-order valence-corrected chi connectivity index (χ0v) is 24.9. The van der Waals surface area contributed by atoms with Crippen LogP contribution in [0.4, 0.5) is 0 Å². The van der Waals surface area contributed by atoms with Crippen LogP contribution in [-0.4, -0.2) is 47.5 Å². The minimum atomic E-state index is -0.982. The molecule has 1 fully saturated rings. The highest BCUT2D eigenvalue weighted by molar-refractivity contribution is 7.84. The average Bonchev–Trinajstić information content (AvgIpc) is 2.98. The number of fused-ring (bicyclic) bond motifs is 1. The molecule has 0 spiro atoms. The zero-order valence-electron chi connectivity index (χ0n) is 22.6. The van der Waals surface area contributed by atoms with Crippen molar-refractivity contribution >= 4 is 50.7 Å². The van der Waals surface area contributed by atoms with Crippen molar-refractivity contribution in [3.05, 3.63) is 112 Å². The first-order chi connectivity index (χ1) is 19.4. The summed E-state index contributed by atoms with van der Waals surface area (Å²) in [6.45, 7) is 3.41. The molecule has 40 heavy (non-hydrogen) atoms. The first-order valence-electron chi connectivity index (χ1n) is 13.8. The van der Waals surface area contributed by atoms with E-state index in [-0.39, 0.29) is 11.8 Å². The molecule has 7 heteroatoms. The second-order valence-corrected chi connectivity index (χ2v) is 12.7. The van der Waals surface area contributed by atoms with Crippen LogP contribution in [0, 0.1) is 0 Å². The molecule has 1 amide bonds. The number of likely N-dealkylation sites (tertiary alicyclic amines) is 1. The molecule has 1 unspecified atom stereocenters. The fourth-order valence-electron chi connectivity index (χ4n) is 5.77. The van der Waals surface area contributed by atoms with Gasteiger partial charge in [0.2, 0.25) is 0 Å². The van der Waals surface area contributed by atoms with E-state index in [1.54, 1.807) is 6.26 Å². The molecule has 2 atom stereocenters. The Hall–Kier alpha value is -2.70. The Morgan fingerprint density at radius 1 is 0.950 bits per heavy atom. The van der Waals surface area contributed by atoms with Crippen molar-refractivity contribution in [2.24, 2.45) is 0 Å². The Kier molecular flexibility index (Phi) is 9.59. The van der Waals surface area contributed by atoms with Crippen molar-refractivity contribution in [1.82, 2.24) is 10.2 Å². The number of carbonyl (C=O) groups is 1. The van der Waals surface area contributed by atoms with Gasteiger partial charge < -0.3 is 10.2 Å². The fourth-order valence-corrected chi connectivity index (χ4v) is 6.92. The smallest absolute Gasteiger partial charge is 0.251 e. The summed E-state index contributed by atoms with van der Waals surface area (Å²) in [4.78, 5) is 16.7. The number of halogens is 2. The average molecular weight is 594 g/mol. The summed E-state index contributed by atoms with van der Waals surface area (Å²) in [5, 5.41) is 6.24. The van der Waals surface area contributed by atoms with Crippen LogP contribution in [0.5, 0.6) is 0 Å². The van der Waals surface area contributed by atoms with E-state index < -0.39 is 10.8 Å². The molecular formula is C33H34Cl2N2O2S. The molecular weight excluding hydrogens is 559 g/mol. The number of hydrogen-bond acceptors (Lipinski definition) is 3. The van der Waals surface area contributed by atoms with Gasteiger partial charge in [-0.15, -0.1) is 0 Å². The molecule has 1 aliphatic heterocycles. The van der Waals surface area contributed by atoms with Gasteiger partial charge in [0, 0.05) is 29.2 Å². The molecule has 0 aliphatic carbocycles. The maximum absolute atomic E-state index is 13.3. The third-order valence-electron chi connectivity index (χ3n) is 8.01. The molecule has 0 radical (unpaired) electrons. The van der Waals surface area contributed by atoms with Gasteiger partial charge in [-0.3, -0.25) is 9.00 Å². The highest BCUT2D eigenvalue weighted by Gasteiger charge is 2.24. The Morgan fingerprint density at radius 3 is 2.45 bits per heavy atom. The molecule has 0 aromatic heterocycles. The largest absolute Gasteiger partial charge is 0.351 e. The summed E-state index contributed by atoms with van der Waals surface area (Å²) >= 11 is 12.6. The van der Waals surface area contributed by atoms with Crippen molar-refractivity contribution in [2.75, 3.05) is 32.4 Å². The molecule has 208 valence electrons. The van der Waals surface area contributed by atoms with Crippen LogP contribution in [0.3, 0.4) is 0 Å². The Morgan fingerprint density at radius 2 is 1.68 bits per heavy atom. The predicted molar refractivity (Wildman–Crippen MR) is 167 cm³/mol. The van der Waals surface area contributed by atoms with E-state index >= 15 is 0 Å². The Labute approximate surface area is 249 Å². The summed E-state index contributed by atoms with van der Waals surface area (Å²) in [6, 6.07) is 27.7. The fraction of sp³-hybridized carbons (Fsp3) is 0.303. The van der Waals surface area contributed by atoms with Crippen LogP contribution in [0.15, 0.2) is 89.8 Å². The zero-order chi connectivity index (χ0) is 28.1. The van der Waals surface area contributed by atoms with Crippen molar-refractivity contribution in [3.63, 3.8) is 0 Å². The lowest BCUT2D eigenvalue weighted by Gasteiger charge is -2.33. The number of carbonyl (C=O) groups excluding carboxylic acids is 1. The van der Waals surface area contributed by atoms with Gasteiger partial charge in [-0.2, -0.15) is 0 Å². The Bertz CT molecular complexity index is 1510. The first kappa shape index (κ1) is 28.8. The van der Waals surface area contributed by atoms with E-state index in [4.69, 9.17) is 23.2 Å². The number of hydrogen-bond donors (Lipinski definition) is 1. The topological polar surface area (TPSA) is 49.4 Å². The minimum Gasteiger partial charge on any atom is -0.351 e. The van der Waals surface area contributed by atoms with E-state index in [9.17, 15) is 9.00 Å². The second kappa shape index (κ2) is 13.3. The normalized spacial score (nSPS) is 16.1. The van der Waals surface area contributed by atoms with Gasteiger partial charge in [0.15, 0.2) is 0 Å². The Balaban J connectivity index is 1.25. The lowest BCUT2D eigenvalue weighted by atomic mass is 9.89. The van der Waals surface area contributed by atoms with Gasteiger partial charge >= 0.3 is 0 Å². The van der Waals surface area contributed by atoms with Crippen LogP contribution in [0.2, 0.25) is 10.0 Å². The second-order valence-electron chi connectivity index (χ2n) is 10.5. The number of rotatable bonds is 9. The van der Waals surface area contributed by atoms with E-state index in [1.165, 1.54) is 5.56 Å². The van der Waals surface area contributed by atoms with Gasteiger partial charge in [-0.1, -0.05) is 83.9 Å². The number of piperidine rings is 1. The third-order valence-corrected chi connectivity index (χ3v) is 9.74. The molecule has 4 aromatic rings. The molecule has 4 nitrogen and oxygen atoms in total. The van der Waals surface area contributed by atoms with E-state index in [2.05, 4.69) is 16.3 Å². The molecule has 0 bridgehead atoms. The highest BCUT2D eigenvalue weighted by atomic mass is 35.5. The van der Waals surface area contributed by atoms with Crippen LogP contribution >= 0.6 is 23.2 Å². The van der Waals surface area contributed by atoms with Crippen molar-refractivity contribution < 1.29 is 9.00 Å². The molecule has 4 aromatic carbocycles. The standard InChI is InChI=1S/C33H34Cl2N2O2S/c1-40(39)32-12-5-4-10-28(32)24-15-18-37(19-16-24)20-17-26(25-13-14-30(34)31(35)21-25)22-36-33(38)29-11-6-8-23-7-2-3-9-27(23)29/h2-14,21,24,26H,15-20,22H2,1H3,(H,36,38)/t26-,40?/m1/s1. The van der Waals surface area contributed by atoms with Crippen molar-refractivity contribution in [1.29, 1.82) is 0 Å². The molecule has 1 N–H and O–H groups in total. The maximum Gasteiger partial charge on any atom is 0.251 e. The maximum atomic E-state index is 13.3. The monoisotopic (exact) mass is 592 g/mol. The number of benzene rings is 4. The highest BCUT2D eigenvalue weighted by Crippen LogP contribution is 2.33. The van der Waals surface area contributed by atoms with E-state index in [0.29, 0.717) is 28.1 Å². The molecule has 1 heterocycles. The summed E-state index contributed by atoms with van der Waals surface area (Å²) in [6.07, 6.45) is 4.73. The van der Waals surface area contributed by atoms with Crippen LogP contribution < -0.4 is 5.32 Å². The van der Waals surface area contributed by atoms with E-state index in [1.807, 2.05) is 78.9 Å². The van der Waals surface area contributed by atoms with Crippen LogP contribution in [0.1, 0.15) is 52.6 Å². The lowest BCUT2D eigenvalue weighted by Crippen LogP contribution is -2.36. The number of amides is 1. The first-order valence-corrected chi connectivity index (χ1v) is 16.1. The summed E-state index contributed by atoms with van der Waals surface area (Å²) in [7, 11) is -0.982. The van der Waals surface area contributed by atoms with Crippen LogP contribution in [0.25, 0.3) is 10.8 Å². The van der Waals surface area contributed by atoms with Gasteiger partial charge in [0.05, 0.1) is 20.8 Å². The van der Waals surface area contributed by atoms with E-state index in [0.717, 1.165) is 60.1 Å². The molecule has 1 saturated heterocycles. The predicted octanol–water partition coefficient (Wildman–Crippen LogP) is 7.67. The molecule has 5 rings (SSSR count). The third kappa shape index (κ3) is 6.77.